The summed E-state index contributed by atoms with van der Waals surface area (Å²) >= 11 is 0. The van der Waals surface area contributed by atoms with E-state index < -0.39 is 0 Å². The number of carbonyl (C=O) groups is 1. The van der Waals surface area contributed by atoms with Gasteiger partial charge in [-0.25, -0.2) is 4.39 Å². The van der Waals surface area contributed by atoms with Crippen LogP contribution in [0, 0.1) is 5.82 Å². The first-order chi connectivity index (χ1) is 10.2. The summed E-state index contributed by atoms with van der Waals surface area (Å²) in [6, 6.07) is 15.2. The van der Waals surface area contributed by atoms with Crippen molar-refractivity contribution < 1.29 is 9.18 Å². The number of aromatic nitrogens is 1. The molecule has 1 heterocycles. The van der Waals surface area contributed by atoms with Gasteiger partial charge in [-0.15, -0.1) is 0 Å². The molecule has 1 aromatic heterocycles. The Balaban J connectivity index is 1.77. The third-order valence-corrected chi connectivity index (χ3v) is 3.26. The minimum atomic E-state index is -0.357. The second kappa shape index (κ2) is 5.71. The van der Waals surface area contributed by atoms with Gasteiger partial charge in [-0.3, -0.25) is 9.78 Å². The number of carbonyl (C=O) groups excluding carboxylic acids is 1. The van der Waals surface area contributed by atoms with Gasteiger partial charge in [0.1, 0.15) is 5.82 Å². The third-order valence-electron chi connectivity index (χ3n) is 3.26. The summed E-state index contributed by atoms with van der Waals surface area (Å²) in [4.78, 5) is 16.4. The zero-order valence-corrected chi connectivity index (χ0v) is 11.2. The SMILES string of the molecule is O=C(NCc1cccc2cccnc12)c1ccc(F)cc1. The van der Waals surface area contributed by atoms with Gasteiger partial charge in [0.2, 0.25) is 0 Å². The van der Waals surface area contributed by atoms with E-state index in [0.29, 0.717) is 12.1 Å². The molecule has 104 valence electrons. The Morgan fingerprint density at radius 3 is 2.62 bits per heavy atom. The Morgan fingerprint density at radius 1 is 1.05 bits per heavy atom. The Kier molecular flexibility index (Phi) is 3.60. The lowest BCUT2D eigenvalue weighted by Gasteiger charge is -2.08. The van der Waals surface area contributed by atoms with Crippen LogP contribution >= 0.6 is 0 Å². The molecule has 0 spiro atoms. The molecule has 1 N–H and O–H groups in total. The number of rotatable bonds is 3. The maximum absolute atomic E-state index is 12.8. The molecule has 4 heteroatoms. The number of hydrogen-bond donors (Lipinski definition) is 1. The van der Waals surface area contributed by atoms with Crippen LogP contribution in [0.15, 0.2) is 60.8 Å². The number of nitrogens with one attached hydrogen (secondary N) is 1. The highest BCUT2D eigenvalue weighted by Crippen LogP contribution is 2.15. The van der Waals surface area contributed by atoms with E-state index in [-0.39, 0.29) is 11.7 Å². The first-order valence-corrected chi connectivity index (χ1v) is 6.60. The second-order valence-electron chi connectivity index (χ2n) is 4.68. The maximum atomic E-state index is 12.8. The Morgan fingerprint density at radius 2 is 1.81 bits per heavy atom. The van der Waals surface area contributed by atoms with Crippen molar-refractivity contribution in [3.05, 3.63) is 77.7 Å². The predicted octanol–water partition coefficient (Wildman–Crippen LogP) is 3.30. The molecule has 21 heavy (non-hydrogen) atoms. The van der Waals surface area contributed by atoms with E-state index in [1.54, 1.807) is 6.20 Å². The lowest BCUT2D eigenvalue weighted by atomic mass is 10.1. The number of fused-ring (bicyclic) bond motifs is 1. The number of benzene rings is 2. The number of hydrogen-bond acceptors (Lipinski definition) is 2. The summed E-state index contributed by atoms with van der Waals surface area (Å²) in [6.45, 7) is 0.380. The zero-order valence-electron chi connectivity index (χ0n) is 11.2. The summed E-state index contributed by atoms with van der Waals surface area (Å²) in [7, 11) is 0. The highest BCUT2D eigenvalue weighted by molar-refractivity contribution is 5.94. The van der Waals surface area contributed by atoms with Gasteiger partial charge in [-0.1, -0.05) is 24.3 Å². The molecule has 0 aliphatic carbocycles. The topological polar surface area (TPSA) is 42.0 Å². The van der Waals surface area contributed by atoms with Crippen LogP contribution in [0.4, 0.5) is 4.39 Å². The largest absolute Gasteiger partial charge is 0.348 e. The zero-order chi connectivity index (χ0) is 14.7. The molecule has 0 fully saturated rings. The third kappa shape index (κ3) is 2.89. The molecular formula is C17H13FN2O. The van der Waals surface area contributed by atoms with Gasteiger partial charge >= 0.3 is 0 Å². The molecule has 3 nitrogen and oxygen atoms in total. The molecule has 0 saturated heterocycles. The van der Waals surface area contributed by atoms with Crippen molar-refractivity contribution in [2.75, 3.05) is 0 Å². The van der Waals surface area contributed by atoms with E-state index in [1.165, 1.54) is 24.3 Å². The molecule has 3 rings (SSSR count). The fourth-order valence-electron chi connectivity index (χ4n) is 2.19. The van der Waals surface area contributed by atoms with E-state index in [9.17, 15) is 9.18 Å². The molecule has 0 aliphatic rings. The lowest BCUT2D eigenvalue weighted by Crippen LogP contribution is -2.22. The van der Waals surface area contributed by atoms with Crippen LogP contribution in [0.1, 0.15) is 15.9 Å². The fraction of sp³-hybridized carbons (Fsp3) is 0.0588. The molecule has 3 aromatic rings. The van der Waals surface area contributed by atoms with Gasteiger partial charge in [0.25, 0.3) is 5.91 Å². The number of amides is 1. The average molecular weight is 280 g/mol. The summed E-state index contributed by atoms with van der Waals surface area (Å²) in [5, 5.41) is 3.86. The minimum absolute atomic E-state index is 0.233. The number of nitrogens with zero attached hydrogens (tertiary/aromatic N) is 1. The summed E-state index contributed by atoms with van der Waals surface area (Å²) in [6.07, 6.45) is 1.73. The van der Waals surface area contributed by atoms with E-state index in [4.69, 9.17) is 0 Å². The molecule has 0 radical (unpaired) electrons. The van der Waals surface area contributed by atoms with Gasteiger partial charge in [-0.05, 0) is 35.9 Å². The van der Waals surface area contributed by atoms with Crippen LogP contribution < -0.4 is 5.32 Å². The van der Waals surface area contributed by atoms with Gasteiger partial charge in [0, 0.05) is 23.7 Å². The van der Waals surface area contributed by atoms with Crippen molar-refractivity contribution in [1.82, 2.24) is 10.3 Å². The molecule has 0 atom stereocenters. The van der Waals surface area contributed by atoms with Crippen LogP contribution in [0.5, 0.6) is 0 Å². The molecular weight excluding hydrogens is 267 g/mol. The quantitative estimate of drug-likeness (QED) is 0.799. The minimum Gasteiger partial charge on any atom is -0.348 e. The summed E-state index contributed by atoms with van der Waals surface area (Å²) in [5.41, 5.74) is 2.26. The number of halogens is 1. The van der Waals surface area contributed by atoms with Gasteiger partial charge in [0.05, 0.1) is 5.52 Å². The Hall–Kier alpha value is -2.75. The van der Waals surface area contributed by atoms with Crippen LogP contribution in [0.3, 0.4) is 0 Å². The smallest absolute Gasteiger partial charge is 0.251 e. The predicted molar refractivity (Wildman–Crippen MR) is 79.3 cm³/mol. The van der Waals surface area contributed by atoms with Crippen LogP contribution in [-0.4, -0.2) is 10.9 Å². The van der Waals surface area contributed by atoms with Crippen molar-refractivity contribution in [2.24, 2.45) is 0 Å². The fourth-order valence-corrected chi connectivity index (χ4v) is 2.19. The Labute approximate surface area is 121 Å². The molecule has 0 aliphatic heterocycles. The Bertz CT molecular complexity index is 779. The number of pyridine rings is 1. The molecule has 0 bridgehead atoms. The highest BCUT2D eigenvalue weighted by Gasteiger charge is 2.07. The van der Waals surface area contributed by atoms with Crippen LogP contribution in [-0.2, 0) is 6.54 Å². The molecule has 2 aromatic carbocycles. The van der Waals surface area contributed by atoms with Crippen LogP contribution in [0.25, 0.3) is 10.9 Å². The standard InChI is InChI=1S/C17H13FN2O/c18-15-8-6-13(7-9-15)17(21)20-11-14-4-1-3-12-5-2-10-19-16(12)14/h1-10H,11H2,(H,20,21). The van der Waals surface area contributed by atoms with Crippen molar-refractivity contribution in [1.29, 1.82) is 0 Å². The van der Waals surface area contributed by atoms with E-state index in [1.807, 2.05) is 30.3 Å². The van der Waals surface area contributed by atoms with Gasteiger partial charge in [-0.2, -0.15) is 0 Å². The highest BCUT2D eigenvalue weighted by atomic mass is 19.1. The number of para-hydroxylation sites is 1. The van der Waals surface area contributed by atoms with E-state index >= 15 is 0 Å². The molecule has 0 unspecified atom stereocenters. The monoisotopic (exact) mass is 280 g/mol. The summed E-state index contributed by atoms with van der Waals surface area (Å²) in [5.74, 6) is -0.590. The summed E-state index contributed by atoms with van der Waals surface area (Å²) < 4.78 is 12.8. The van der Waals surface area contributed by atoms with Gasteiger partial charge in [0.15, 0.2) is 0 Å². The van der Waals surface area contributed by atoms with E-state index in [0.717, 1.165) is 16.5 Å². The molecule has 1 amide bonds. The maximum Gasteiger partial charge on any atom is 0.251 e. The normalized spacial score (nSPS) is 10.5. The first-order valence-electron chi connectivity index (χ1n) is 6.60. The van der Waals surface area contributed by atoms with Crippen LogP contribution in [0.2, 0.25) is 0 Å². The van der Waals surface area contributed by atoms with E-state index in [2.05, 4.69) is 10.3 Å². The molecule has 0 saturated carbocycles. The van der Waals surface area contributed by atoms with Crippen molar-refractivity contribution in [2.45, 2.75) is 6.54 Å². The van der Waals surface area contributed by atoms with Crippen molar-refractivity contribution in [3.63, 3.8) is 0 Å². The average Bonchev–Trinajstić information content (AvgIpc) is 2.53. The first kappa shape index (κ1) is 13.2. The second-order valence-corrected chi connectivity index (χ2v) is 4.68. The lowest BCUT2D eigenvalue weighted by molar-refractivity contribution is 0.0951. The van der Waals surface area contributed by atoms with Crippen molar-refractivity contribution >= 4 is 16.8 Å². The van der Waals surface area contributed by atoms with Crippen molar-refractivity contribution in [3.8, 4) is 0 Å². The van der Waals surface area contributed by atoms with Gasteiger partial charge < -0.3 is 5.32 Å².